The molecule has 0 fully saturated rings. The molecule has 0 spiro atoms. The van der Waals surface area contributed by atoms with Gasteiger partial charge in [-0.1, -0.05) is 50.8 Å². The van der Waals surface area contributed by atoms with Gasteiger partial charge in [0.05, 0.1) is 0 Å². The maximum absolute atomic E-state index is 11.9. The number of carbonyl (C=O) groups excluding carboxylic acids is 1. The number of carbonyl (C=O) groups is 2. The lowest BCUT2D eigenvalue weighted by Gasteiger charge is -2.27. The molecule has 22 heavy (non-hydrogen) atoms. The maximum Gasteiger partial charge on any atom is 0.303 e. The number of aliphatic hydroxyl groups is 1. The van der Waals surface area contributed by atoms with Crippen molar-refractivity contribution in [1.29, 1.82) is 0 Å². The van der Waals surface area contributed by atoms with Crippen LogP contribution in [-0.4, -0.2) is 27.6 Å². The van der Waals surface area contributed by atoms with Crippen LogP contribution in [0.1, 0.15) is 64.7 Å². The van der Waals surface area contributed by atoms with Crippen LogP contribution in [0.3, 0.4) is 0 Å². The molecule has 2 atom stereocenters. The van der Waals surface area contributed by atoms with Crippen LogP contribution in [0.25, 0.3) is 0 Å². The van der Waals surface area contributed by atoms with E-state index >= 15 is 0 Å². The Morgan fingerprint density at radius 1 is 1.23 bits per heavy atom. The third-order valence-electron chi connectivity index (χ3n) is 4.26. The van der Waals surface area contributed by atoms with E-state index in [9.17, 15) is 14.7 Å². The third kappa shape index (κ3) is 5.76. The number of unbranched alkanes of at least 4 members (excludes halogenated alkanes) is 4. The number of aliphatic carboxylic acids is 1. The summed E-state index contributed by atoms with van der Waals surface area (Å²) >= 11 is 0. The van der Waals surface area contributed by atoms with Crippen molar-refractivity contribution in [3.8, 4) is 0 Å². The van der Waals surface area contributed by atoms with Gasteiger partial charge in [0.15, 0.2) is 5.78 Å². The van der Waals surface area contributed by atoms with Gasteiger partial charge in [-0.15, -0.1) is 0 Å². The molecule has 0 bridgehead atoms. The molecule has 0 amide bonds. The van der Waals surface area contributed by atoms with Crippen LogP contribution in [0, 0.1) is 5.92 Å². The number of rotatable bonds is 11. The molecule has 0 heterocycles. The van der Waals surface area contributed by atoms with Crippen LogP contribution < -0.4 is 0 Å². The van der Waals surface area contributed by atoms with E-state index < -0.39 is 11.6 Å². The molecular weight excluding hydrogens is 280 g/mol. The molecule has 2 N–H and O–H groups in total. The molecule has 124 valence electrons. The van der Waals surface area contributed by atoms with Crippen molar-refractivity contribution in [3.63, 3.8) is 0 Å². The van der Waals surface area contributed by atoms with Crippen molar-refractivity contribution in [3.05, 3.63) is 24.3 Å². The molecule has 0 saturated heterocycles. The number of hydrogen-bond donors (Lipinski definition) is 2. The molecule has 1 aliphatic rings. The zero-order chi connectivity index (χ0) is 16.4. The van der Waals surface area contributed by atoms with Gasteiger partial charge in [0, 0.05) is 18.8 Å². The van der Waals surface area contributed by atoms with Crippen LogP contribution in [0.15, 0.2) is 24.3 Å². The molecule has 0 aliphatic heterocycles. The molecule has 1 rings (SSSR count). The molecule has 0 saturated carbocycles. The minimum atomic E-state index is -1.25. The molecule has 0 aromatic carbocycles. The number of ketones is 1. The van der Waals surface area contributed by atoms with E-state index in [1.165, 1.54) is 6.08 Å². The molecular formula is C18H28O4. The summed E-state index contributed by atoms with van der Waals surface area (Å²) < 4.78 is 0. The normalized spacial score (nSPS) is 24.5. The van der Waals surface area contributed by atoms with E-state index in [1.807, 2.05) is 25.2 Å². The minimum absolute atomic E-state index is 0.0967. The lowest BCUT2D eigenvalue weighted by Crippen LogP contribution is -2.40. The minimum Gasteiger partial charge on any atom is -0.481 e. The van der Waals surface area contributed by atoms with Crippen molar-refractivity contribution >= 4 is 11.8 Å². The van der Waals surface area contributed by atoms with Gasteiger partial charge in [0.1, 0.15) is 5.60 Å². The second-order valence-electron chi connectivity index (χ2n) is 6.04. The van der Waals surface area contributed by atoms with Gasteiger partial charge in [0.25, 0.3) is 0 Å². The Labute approximate surface area is 132 Å². The Balaban J connectivity index is 2.28. The first kappa shape index (κ1) is 18.6. The van der Waals surface area contributed by atoms with Crippen LogP contribution in [0.5, 0.6) is 0 Å². The quantitative estimate of drug-likeness (QED) is 0.451. The summed E-state index contributed by atoms with van der Waals surface area (Å²) in [5, 5.41) is 19.2. The second kappa shape index (κ2) is 9.57. The van der Waals surface area contributed by atoms with Gasteiger partial charge in [-0.25, -0.2) is 0 Å². The molecule has 1 aliphatic carbocycles. The Morgan fingerprint density at radius 3 is 2.59 bits per heavy atom. The van der Waals surface area contributed by atoms with Gasteiger partial charge >= 0.3 is 5.97 Å². The summed E-state index contributed by atoms with van der Waals surface area (Å²) in [5.41, 5.74) is -1.25. The summed E-state index contributed by atoms with van der Waals surface area (Å²) in [6.45, 7) is 2.02. The zero-order valence-electron chi connectivity index (χ0n) is 13.5. The van der Waals surface area contributed by atoms with Gasteiger partial charge in [-0.3, -0.25) is 9.59 Å². The van der Waals surface area contributed by atoms with Gasteiger partial charge in [-0.2, -0.15) is 0 Å². The van der Waals surface area contributed by atoms with E-state index in [2.05, 4.69) is 0 Å². The number of hydrogen-bond acceptors (Lipinski definition) is 3. The third-order valence-corrected chi connectivity index (χ3v) is 4.26. The van der Waals surface area contributed by atoms with Crippen LogP contribution >= 0.6 is 0 Å². The highest BCUT2D eigenvalue weighted by molar-refractivity contribution is 6.00. The number of allylic oxidation sites excluding steroid dienone is 1. The summed E-state index contributed by atoms with van der Waals surface area (Å²) in [6.07, 6.45) is 14.2. The highest BCUT2D eigenvalue weighted by Gasteiger charge is 2.43. The molecule has 4 heteroatoms. The Hall–Kier alpha value is -1.42. The Morgan fingerprint density at radius 2 is 1.91 bits per heavy atom. The summed E-state index contributed by atoms with van der Waals surface area (Å²) in [6, 6.07) is 0. The predicted molar refractivity (Wildman–Crippen MR) is 86.6 cm³/mol. The fourth-order valence-electron chi connectivity index (χ4n) is 2.88. The van der Waals surface area contributed by atoms with Crippen LogP contribution in [-0.2, 0) is 9.59 Å². The standard InChI is InChI=1S/C18H28O4/c1-2-3-9-14-18(22)15(12-13-16(18)19)10-7-5-4-6-8-11-17(20)21/h3,9,12-13,15,22H,2,4-8,10-11,14H2,1H3,(H,20,21)/b9-3-/t15-,18+/m1/s1. The topological polar surface area (TPSA) is 74.6 Å². The van der Waals surface area contributed by atoms with E-state index in [0.29, 0.717) is 6.42 Å². The first-order valence-electron chi connectivity index (χ1n) is 8.32. The Bertz CT molecular complexity index is 425. The monoisotopic (exact) mass is 308 g/mol. The van der Waals surface area contributed by atoms with Crippen molar-refractivity contribution < 1.29 is 19.8 Å². The van der Waals surface area contributed by atoms with E-state index in [0.717, 1.165) is 44.9 Å². The second-order valence-corrected chi connectivity index (χ2v) is 6.04. The number of carboxylic acids is 1. The summed E-state index contributed by atoms with van der Waals surface area (Å²) in [5.74, 6) is -1.01. The number of carboxylic acid groups (broad SMARTS) is 1. The van der Waals surface area contributed by atoms with Crippen LogP contribution in [0.2, 0.25) is 0 Å². The SMILES string of the molecule is CC/C=C\C[C@@]1(O)C(=O)C=C[C@H]1CCCCCCCC(=O)O. The average Bonchev–Trinajstić information content (AvgIpc) is 2.74. The van der Waals surface area contributed by atoms with E-state index in [-0.39, 0.29) is 18.1 Å². The molecule has 0 aromatic heterocycles. The molecule has 0 radical (unpaired) electrons. The van der Waals surface area contributed by atoms with E-state index in [1.54, 1.807) is 0 Å². The fourth-order valence-corrected chi connectivity index (χ4v) is 2.88. The Kier molecular flexibility index (Phi) is 8.10. The highest BCUT2D eigenvalue weighted by Crippen LogP contribution is 2.34. The summed E-state index contributed by atoms with van der Waals surface area (Å²) in [7, 11) is 0. The van der Waals surface area contributed by atoms with Crippen molar-refractivity contribution in [2.24, 2.45) is 5.92 Å². The molecule has 0 unspecified atom stereocenters. The van der Waals surface area contributed by atoms with Crippen molar-refractivity contribution in [2.75, 3.05) is 0 Å². The average molecular weight is 308 g/mol. The summed E-state index contributed by atoms with van der Waals surface area (Å²) in [4.78, 5) is 22.3. The smallest absolute Gasteiger partial charge is 0.303 e. The molecule has 0 aromatic rings. The van der Waals surface area contributed by atoms with Crippen molar-refractivity contribution in [1.82, 2.24) is 0 Å². The first-order chi connectivity index (χ1) is 10.5. The largest absolute Gasteiger partial charge is 0.481 e. The lowest BCUT2D eigenvalue weighted by molar-refractivity contribution is -0.137. The van der Waals surface area contributed by atoms with Crippen LogP contribution in [0.4, 0.5) is 0 Å². The zero-order valence-corrected chi connectivity index (χ0v) is 13.5. The van der Waals surface area contributed by atoms with Gasteiger partial charge in [0.2, 0.25) is 0 Å². The highest BCUT2D eigenvalue weighted by atomic mass is 16.4. The van der Waals surface area contributed by atoms with Gasteiger partial charge in [-0.05, 0) is 25.3 Å². The fraction of sp³-hybridized carbons (Fsp3) is 0.667. The maximum atomic E-state index is 11.9. The van der Waals surface area contributed by atoms with Gasteiger partial charge < -0.3 is 10.2 Å². The molecule has 4 nitrogen and oxygen atoms in total. The predicted octanol–water partition coefficient (Wildman–Crippen LogP) is 3.64. The van der Waals surface area contributed by atoms with Crippen molar-refractivity contribution in [2.45, 2.75) is 70.3 Å². The first-order valence-corrected chi connectivity index (χ1v) is 8.32. The van der Waals surface area contributed by atoms with E-state index in [4.69, 9.17) is 5.11 Å². The lowest BCUT2D eigenvalue weighted by atomic mass is 9.82.